The highest BCUT2D eigenvalue weighted by Gasteiger charge is 2.20. The maximum Gasteiger partial charge on any atom is 0.268 e. The largest absolute Gasteiger partial charge is 0.493 e. The van der Waals surface area contributed by atoms with Crippen molar-refractivity contribution >= 4 is 17.9 Å². The zero-order chi connectivity index (χ0) is 23.8. The fourth-order valence-corrected chi connectivity index (χ4v) is 3.30. The van der Waals surface area contributed by atoms with Crippen LogP contribution in [0, 0.1) is 6.92 Å². The van der Waals surface area contributed by atoms with Crippen LogP contribution < -0.4 is 20.1 Å². The number of rotatable bonds is 9. The third-order valence-electron chi connectivity index (χ3n) is 5.16. The van der Waals surface area contributed by atoms with Gasteiger partial charge in [-0.3, -0.25) is 9.59 Å². The van der Waals surface area contributed by atoms with Crippen molar-refractivity contribution in [3.05, 3.63) is 89.0 Å². The van der Waals surface area contributed by atoms with Crippen LogP contribution in [-0.4, -0.2) is 26.0 Å². The lowest BCUT2D eigenvalue weighted by molar-refractivity contribution is -0.118. The van der Waals surface area contributed by atoms with Gasteiger partial charge in [0, 0.05) is 11.6 Å². The molecule has 0 aliphatic carbocycles. The maximum absolute atomic E-state index is 13.2. The molecule has 33 heavy (non-hydrogen) atoms. The van der Waals surface area contributed by atoms with E-state index in [2.05, 4.69) is 10.6 Å². The van der Waals surface area contributed by atoms with E-state index in [-0.39, 0.29) is 17.6 Å². The minimum absolute atomic E-state index is 0.0782. The number of hydrogen-bond donors (Lipinski definition) is 2. The second-order valence-corrected chi connectivity index (χ2v) is 7.44. The summed E-state index contributed by atoms with van der Waals surface area (Å²) in [5.74, 6) is 0.798. The minimum atomic E-state index is -0.437. The Hall–Kier alpha value is -4.00. The lowest BCUT2D eigenvalue weighted by Crippen LogP contribution is -2.36. The number of carbonyl (C=O) groups is 2. The number of carbonyl (C=O) groups excluding carboxylic acids is 2. The molecule has 1 aromatic heterocycles. The molecule has 1 heterocycles. The molecule has 2 aromatic carbocycles. The third kappa shape index (κ3) is 6.04. The highest BCUT2D eigenvalue weighted by atomic mass is 16.5. The summed E-state index contributed by atoms with van der Waals surface area (Å²) in [5.41, 5.74) is 2.42. The number of ether oxygens (including phenoxy) is 2. The van der Waals surface area contributed by atoms with Crippen LogP contribution in [0.1, 0.15) is 46.6 Å². The second kappa shape index (κ2) is 11.0. The molecule has 0 saturated heterocycles. The normalized spacial score (nSPS) is 12.1. The van der Waals surface area contributed by atoms with Crippen LogP contribution in [0.4, 0.5) is 0 Å². The van der Waals surface area contributed by atoms with Crippen LogP contribution in [-0.2, 0) is 4.79 Å². The molecule has 0 radical (unpaired) electrons. The molecule has 3 rings (SSSR count). The first-order valence-electron chi connectivity index (χ1n) is 10.6. The number of amides is 2. The van der Waals surface area contributed by atoms with Crippen molar-refractivity contribution in [2.45, 2.75) is 26.3 Å². The summed E-state index contributed by atoms with van der Waals surface area (Å²) in [5, 5.41) is 5.71. The van der Waals surface area contributed by atoms with E-state index in [0.29, 0.717) is 29.2 Å². The van der Waals surface area contributed by atoms with E-state index in [1.165, 1.54) is 12.3 Å². The molecule has 7 heteroatoms. The van der Waals surface area contributed by atoms with Gasteiger partial charge in [-0.2, -0.15) is 0 Å². The van der Waals surface area contributed by atoms with Crippen LogP contribution in [0.2, 0.25) is 0 Å². The van der Waals surface area contributed by atoms with Crippen LogP contribution >= 0.6 is 0 Å². The number of benzene rings is 2. The van der Waals surface area contributed by atoms with Crippen molar-refractivity contribution in [3.8, 4) is 11.5 Å². The van der Waals surface area contributed by atoms with Crippen molar-refractivity contribution in [3.63, 3.8) is 0 Å². The van der Waals surface area contributed by atoms with E-state index < -0.39 is 5.91 Å². The van der Waals surface area contributed by atoms with E-state index >= 15 is 0 Å². The quantitative estimate of drug-likeness (QED) is 0.466. The smallest absolute Gasteiger partial charge is 0.268 e. The van der Waals surface area contributed by atoms with Crippen LogP contribution in [0.5, 0.6) is 11.5 Å². The molecule has 0 aliphatic heterocycles. The number of aryl methyl sites for hydroxylation is 1. The molecule has 0 aliphatic rings. The molecular weight excluding hydrogens is 420 g/mol. The van der Waals surface area contributed by atoms with Gasteiger partial charge in [0.2, 0.25) is 0 Å². The van der Waals surface area contributed by atoms with E-state index in [4.69, 9.17) is 13.9 Å². The molecule has 0 fully saturated rings. The van der Waals surface area contributed by atoms with Gasteiger partial charge in [0.1, 0.15) is 11.5 Å². The summed E-state index contributed by atoms with van der Waals surface area (Å²) < 4.78 is 16.0. The van der Waals surface area contributed by atoms with Crippen LogP contribution in [0.3, 0.4) is 0 Å². The van der Waals surface area contributed by atoms with Gasteiger partial charge in [-0.05, 0) is 55.3 Å². The summed E-state index contributed by atoms with van der Waals surface area (Å²) in [4.78, 5) is 26.0. The lowest BCUT2D eigenvalue weighted by Gasteiger charge is -2.20. The fourth-order valence-electron chi connectivity index (χ4n) is 3.30. The number of furan rings is 1. The topological polar surface area (TPSA) is 89.8 Å². The molecule has 1 atom stereocenters. The zero-order valence-corrected chi connectivity index (χ0v) is 19.2. The summed E-state index contributed by atoms with van der Waals surface area (Å²) in [6.07, 6.45) is 3.63. The first-order valence-corrected chi connectivity index (χ1v) is 10.6. The summed E-state index contributed by atoms with van der Waals surface area (Å²) in [6.45, 7) is 3.90. The minimum Gasteiger partial charge on any atom is -0.493 e. The molecule has 0 unspecified atom stereocenters. The van der Waals surface area contributed by atoms with Gasteiger partial charge >= 0.3 is 0 Å². The van der Waals surface area contributed by atoms with Gasteiger partial charge in [0.25, 0.3) is 11.8 Å². The van der Waals surface area contributed by atoms with E-state index in [1.54, 1.807) is 44.6 Å². The Kier molecular flexibility index (Phi) is 7.91. The van der Waals surface area contributed by atoms with Gasteiger partial charge in [0.15, 0.2) is 11.5 Å². The summed E-state index contributed by atoms with van der Waals surface area (Å²) in [7, 11) is 3.13. The molecule has 2 N–H and O–H groups in total. The van der Waals surface area contributed by atoms with Gasteiger partial charge in [-0.1, -0.05) is 30.7 Å². The third-order valence-corrected chi connectivity index (χ3v) is 5.16. The average Bonchev–Trinajstić information content (AvgIpc) is 3.35. The highest BCUT2D eigenvalue weighted by Crippen LogP contribution is 2.31. The lowest BCUT2D eigenvalue weighted by atomic mass is 10.0. The van der Waals surface area contributed by atoms with Gasteiger partial charge in [-0.15, -0.1) is 0 Å². The zero-order valence-electron chi connectivity index (χ0n) is 19.2. The van der Waals surface area contributed by atoms with Gasteiger partial charge in [-0.25, -0.2) is 0 Å². The SMILES string of the molecule is CC[C@H](NC(=O)/C(=C/c1ccco1)NC(=O)c1ccc(C)cc1)c1ccc(OC)c(OC)c1. The monoisotopic (exact) mass is 448 g/mol. The Morgan fingerprint density at radius 3 is 2.36 bits per heavy atom. The number of nitrogens with one attached hydrogen (secondary N) is 2. The molecular formula is C26H28N2O5. The Bertz CT molecular complexity index is 1120. The summed E-state index contributed by atoms with van der Waals surface area (Å²) in [6, 6.07) is 15.7. The average molecular weight is 449 g/mol. The highest BCUT2D eigenvalue weighted by molar-refractivity contribution is 6.05. The van der Waals surface area contributed by atoms with Crippen molar-refractivity contribution < 1.29 is 23.5 Å². The number of methoxy groups -OCH3 is 2. The van der Waals surface area contributed by atoms with Crippen LogP contribution in [0.25, 0.3) is 6.08 Å². The van der Waals surface area contributed by atoms with Crippen molar-refractivity contribution in [2.24, 2.45) is 0 Å². The predicted octanol–water partition coefficient (Wildman–Crippen LogP) is 4.64. The first kappa shape index (κ1) is 23.7. The Morgan fingerprint density at radius 2 is 1.76 bits per heavy atom. The Morgan fingerprint density at radius 1 is 1.03 bits per heavy atom. The molecule has 0 bridgehead atoms. The van der Waals surface area contributed by atoms with Gasteiger partial charge in [0.05, 0.1) is 26.5 Å². The number of hydrogen-bond acceptors (Lipinski definition) is 5. The summed E-state index contributed by atoms with van der Waals surface area (Å²) >= 11 is 0. The molecule has 0 saturated carbocycles. The van der Waals surface area contributed by atoms with E-state index in [1.807, 2.05) is 38.1 Å². The molecule has 2 amide bonds. The Labute approximate surface area is 193 Å². The Balaban J connectivity index is 1.84. The maximum atomic E-state index is 13.2. The second-order valence-electron chi connectivity index (χ2n) is 7.44. The molecule has 7 nitrogen and oxygen atoms in total. The van der Waals surface area contributed by atoms with Crippen molar-refractivity contribution in [2.75, 3.05) is 14.2 Å². The van der Waals surface area contributed by atoms with Crippen molar-refractivity contribution in [1.29, 1.82) is 0 Å². The van der Waals surface area contributed by atoms with Crippen LogP contribution in [0.15, 0.2) is 71.0 Å². The van der Waals surface area contributed by atoms with Gasteiger partial charge < -0.3 is 24.5 Å². The standard InChI is InChI=1S/C26H28N2O5/c1-5-21(19-12-13-23(31-3)24(15-19)32-4)27-26(30)22(16-20-7-6-14-33-20)28-25(29)18-10-8-17(2)9-11-18/h6-16,21H,5H2,1-4H3,(H,27,30)(H,28,29)/b22-16-/t21-/m0/s1. The fraction of sp³-hybridized carbons (Fsp3) is 0.231. The first-order chi connectivity index (χ1) is 15.9. The van der Waals surface area contributed by atoms with Crippen molar-refractivity contribution in [1.82, 2.24) is 10.6 Å². The molecule has 172 valence electrons. The van der Waals surface area contributed by atoms with E-state index in [0.717, 1.165) is 11.1 Å². The predicted molar refractivity (Wildman–Crippen MR) is 126 cm³/mol. The molecule has 0 spiro atoms. The molecule has 3 aromatic rings. The van der Waals surface area contributed by atoms with E-state index in [9.17, 15) is 9.59 Å².